The number of nitrogens with zero attached hydrogens (tertiary/aromatic N) is 3. The number of hydrogen-bond donors (Lipinski definition) is 0. The van der Waals surface area contributed by atoms with Crippen LogP contribution in [0.1, 0.15) is 31.5 Å². The van der Waals surface area contributed by atoms with Gasteiger partial charge in [-0.25, -0.2) is 29.3 Å². The van der Waals surface area contributed by atoms with Gasteiger partial charge in [-0.1, -0.05) is 18.2 Å². The van der Waals surface area contributed by atoms with Crippen molar-refractivity contribution < 1.29 is 28.3 Å². The second kappa shape index (κ2) is 9.03. The van der Waals surface area contributed by atoms with Gasteiger partial charge in [-0.2, -0.15) is 0 Å². The van der Waals surface area contributed by atoms with Crippen LogP contribution >= 0.6 is 0 Å². The highest BCUT2D eigenvalue weighted by atomic mass is 16.8. The zero-order valence-electron chi connectivity index (χ0n) is 14.3. The Hall–Kier alpha value is -4.08. The van der Waals surface area contributed by atoms with E-state index < -0.39 is 25.2 Å². The maximum Gasteiger partial charge on any atom is 0.870 e. The van der Waals surface area contributed by atoms with Gasteiger partial charge in [-0.3, -0.25) is 0 Å². The average Bonchev–Trinajstić information content (AvgIpc) is 2.75. The Morgan fingerprint density at radius 1 is 0.571 bits per heavy atom. The lowest BCUT2D eigenvalue weighted by Gasteiger charge is -2.13. The molecule has 0 saturated carbocycles. The van der Waals surface area contributed by atoms with Crippen LogP contribution in [0, 0.1) is 0 Å². The summed E-state index contributed by atoms with van der Waals surface area (Å²) in [7, 11) is -1.96. The maximum absolute atomic E-state index is 12.2. The molecule has 0 unspecified atom stereocenters. The summed E-state index contributed by atoms with van der Waals surface area (Å²) in [5, 5.41) is 0. The standard InChI is InChI=1S/C18H12BN3O6/c23-16(13-7-1-4-10-20-13)26-19(27-17(24)14-8-2-5-11-21-14)28-18(25)15-9-3-6-12-22-15/h1-12H. The SMILES string of the molecule is O=C(OB(OC(=O)c1ccccn1)OC(=O)c1ccccn1)c1ccccn1. The molecule has 0 aliphatic carbocycles. The Morgan fingerprint density at radius 3 is 1.14 bits per heavy atom. The normalized spacial score (nSPS) is 9.86. The van der Waals surface area contributed by atoms with E-state index in [1.807, 2.05) is 0 Å². The molecule has 0 spiro atoms. The van der Waals surface area contributed by atoms with Crippen molar-refractivity contribution in [2.45, 2.75) is 0 Å². The molecule has 0 aromatic carbocycles. The van der Waals surface area contributed by atoms with E-state index in [4.69, 9.17) is 14.0 Å². The minimum absolute atomic E-state index is 0.0599. The van der Waals surface area contributed by atoms with Gasteiger partial charge in [0.05, 0.1) is 0 Å². The van der Waals surface area contributed by atoms with Crippen LogP contribution in [-0.2, 0) is 14.0 Å². The van der Waals surface area contributed by atoms with Crippen molar-refractivity contribution in [3.05, 3.63) is 90.3 Å². The smallest absolute Gasteiger partial charge is 0.457 e. The highest BCUT2D eigenvalue weighted by molar-refractivity contribution is 6.45. The van der Waals surface area contributed by atoms with Crippen molar-refractivity contribution >= 4 is 25.2 Å². The van der Waals surface area contributed by atoms with Gasteiger partial charge >= 0.3 is 25.2 Å². The number of pyridine rings is 3. The third kappa shape index (κ3) is 4.98. The van der Waals surface area contributed by atoms with Crippen LogP contribution < -0.4 is 0 Å². The summed E-state index contributed by atoms with van der Waals surface area (Å²) in [4.78, 5) is 48.1. The molecule has 3 aromatic rings. The van der Waals surface area contributed by atoms with Gasteiger partial charge in [0.2, 0.25) is 0 Å². The monoisotopic (exact) mass is 377 g/mol. The summed E-state index contributed by atoms with van der Waals surface area (Å²) in [5.41, 5.74) is -0.180. The van der Waals surface area contributed by atoms with Crippen LogP contribution in [0.15, 0.2) is 73.2 Å². The molecule has 0 saturated heterocycles. The number of aromatic nitrogens is 3. The van der Waals surface area contributed by atoms with E-state index in [9.17, 15) is 14.4 Å². The molecule has 0 aliphatic rings. The fourth-order valence-corrected chi connectivity index (χ4v) is 1.97. The summed E-state index contributed by atoms with van der Waals surface area (Å²) in [6, 6.07) is 13.7. The molecule has 10 heteroatoms. The summed E-state index contributed by atoms with van der Waals surface area (Å²) in [6.45, 7) is 0. The fraction of sp³-hybridized carbons (Fsp3) is 0. The van der Waals surface area contributed by atoms with Gasteiger partial charge in [0.25, 0.3) is 0 Å². The van der Waals surface area contributed by atoms with E-state index in [0.717, 1.165) is 0 Å². The first kappa shape index (κ1) is 18.7. The lowest BCUT2D eigenvalue weighted by Crippen LogP contribution is -2.35. The lowest BCUT2D eigenvalue weighted by molar-refractivity contribution is 0.0402. The van der Waals surface area contributed by atoms with E-state index in [-0.39, 0.29) is 17.1 Å². The molecule has 3 aromatic heterocycles. The Labute approximate surface area is 159 Å². The van der Waals surface area contributed by atoms with Crippen LogP contribution in [0.25, 0.3) is 0 Å². The third-order valence-corrected chi connectivity index (χ3v) is 3.23. The summed E-state index contributed by atoms with van der Waals surface area (Å²) < 4.78 is 14.9. The Kier molecular flexibility index (Phi) is 6.04. The van der Waals surface area contributed by atoms with Gasteiger partial charge in [0.1, 0.15) is 17.1 Å². The minimum atomic E-state index is -1.96. The molecule has 0 fully saturated rings. The summed E-state index contributed by atoms with van der Waals surface area (Å²) >= 11 is 0. The maximum atomic E-state index is 12.2. The predicted molar refractivity (Wildman–Crippen MR) is 94.7 cm³/mol. The lowest BCUT2D eigenvalue weighted by atomic mass is 10.2. The first-order valence-corrected chi connectivity index (χ1v) is 7.99. The van der Waals surface area contributed by atoms with E-state index in [2.05, 4.69) is 15.0 Å². The van der Waals surface area contributed by atoms with E-state index in [1.165, 1.54) is 36.8 Å². The number of hydrogen-bond acceptors (Lipinski definition) is 9. The van der Waals surface area contributed by atoms with Crippen molar-refractivity contribution in [2.75, 3.05) is 0 Å². The van der Waals surface area contributed by atoms with Crippen LogP contribution in [0.3, 0.4) is 0 Å². The Balaban J connectivity index is 1.76. The zero-order chi connectivity index (χ0) is 19.8. The van der Waals surface area contributed by atoms with Crippen LogP contribution in [0.5, 0.6) is 0 Å². The molecule has 9 nitrogen and oxygen atoms in total. The highest BCUT2D eigenvalue weighted by Crippen LogP contribution is 2.07. The molecular formula is C18H12BN3O6. The second-order valence-corrected chi connectivity index (χ2v) is 5.15. The second-order valence-electron chi connectivity index (χ2n) is 5.15. The molecule has 3 heterocycles. The molecule has 3 rings (SSSR count). The summed E-state index contributed by atoms with van der Waals surface area (Å²) in [5.74, 6) is -2.85. The Morgan fingerprint density at radius 2 is 0.893 bits per heavy atom. The molecular weight excluding hydrogens is 365 g/mol. The van der Waals surface area contributed by atoms with Crippen molar-refractivity contribution in [1.82, 2.24) is 15.0 Å². The van der Waals surface area contributed by atoms with Crippen LogP contribution in [0.2, 0.25) is 0 Å². The van der Waals surface area contributed by atoms with E-state index in [0.29, 0.717) is 0 Å². The van der Waals surface area contributed by atoms with Crippen molar-refractivity contribution in [2.24, 2.45) is 0 Å². The zero-order valence-corrected chi connectivity index (χ0v) is 14.3. The van der Waals surface area contributed by atoms with Gasteiger partial charge in [-0.15, -0.1) is 0 Å². The molecule has 0 N–H and O–H groups in total. The fourth-order valence-electron chi connectivity index (χ4n) is 1.97. The Bertz CT molecular complexity index is 830. The van der Waals surface area contributed by atoms with Crippen LogP contribution in [-0.4, -0.2) is 40.2 Å². The highest BCUT2D eigenvalue weighted by Gasteiger charge is 2.38. The third-order valence-electron chi connectivity index (χ3n) is 3.23. The number of carbonyl (C=O) groups excluding carboxylic acids is 3. The van der Waals surface area contributed by atoms with Crippen LogP contribution in [0.4, 0.5) is 0 Å². The molecule has 0 amide bonds. The van der Waals surface area contributed by atoms with Gasteiger partial charge < -0.3 is 14.0 Å². The number of carbonyl (C=O) groups is 3. The molecule has 0 atom stereocenters. The largest absolute Gasteiger partial charge is 0.870 e. The van der Waals surface area contributed by atoms with E-state index >= 15 is 0 Å². The minimum Gasteiger partial charge on any atom is -0.457 e. The molecule has 0 bridgehead atoms. The first-order valence-electron chi connectivity index (χ1n) is 7.99. The topological polar surface area (TPSA) is 118 Å². The van der Waals surface area contributed by atoms with Gasteiger partial charge in [-0.05, 0) is 36.4 Å². The summed E-state index contributed by atoms with van der Waals surface area (Å²) in [6.07, 6.45) is 4.14. The molecule has 0 aliphatic heterocycles. The van der Waals surface area contributed by atoms with E-state index in [1.54, 1.807) is 36.4 Å². The van der Waals surface area contributed by atoms with Gasteiger partial charge in [0, 0.05) is 18.6 Å². The van der Waals surface area contributed by atoms with Crippen molar-refractivity contribution in [3.8, 4) is 0 Å². The quantitative estimate of drug-likeness (QED) is 0.592. The molecule has 138 valence electrons. The average molecular weight is 377 g/mol. The first-order chi connectivity index (χ1) is 13.6. The van der Waals surface area contributed by atoms with Crippen molar-refractivity contribution in [1.29, 1.82) is 0 Å². The molecule has 28 heavy (non-hydrogen) atoms. The molecule has 0 radical (unpaired) electrons. The predicted octanol–water partition coefficient (Wildman–Crippen LogP) is 1.73. The van der Waals surface area contributed by atoms with Crippen molar-refractivity contribution in [3.63, 3.8) is 0 Å². The van der Waals surface area contributed by atoms with Gasteiger partial charge in [0.15, 0.2) is 0 Å². The number of rotatable bonds is 6.